The summed E-state index contributed by atoms with van der Waals surface area (Å²) in [7, 11) is 0. The average molecular weight is 250 g/mol. The summed E-state index contributed by atoms with van der Waals surface area (Å²) in [5.74, 6) is 0.873. The van der Waals surface area contributed by atoms with Crippen molar-refractivity contribution in [3.05, 3.63) is 29.3 Å². The van der Waals surface area contributed by atoms with Gasteiger partial charge in [-0.3, -0.25) is 4.79 Å². The molecule has 0 aliphatic rings. The molecule has 3 heteroatoms. The fraction of sp³-hybridized carbons (Fsp3) is 0.533. The average Bonchev–Trinajstić information content (AvgIpc) is 2.24. The van der Waals surface area contributed by atoms with E-state index in [1.165, 1.54) is 0 Å². The molecule has 0 unspecified atom stereocenters. The molecular weight excluding hydrogens is 228 g/mol. The van der Waals surface area contributed by atoms with Crippen LogP contribution in [0.2, 0.25) is 0 Å². The van der Waals surface area contributed by atoms with Crippen molar-refractivity contribution in [3.8, 4) is 5.75 Å². The molecule has 0 amide bonds. The van der Waals surface area contributed by atoms with Crippen molar-refractivity contribution in [2.45, 2.75) is 40.2 Å². The number of carbonyl (C=O) groups excluding carboxylic acids is 1. The van der Waals surface area contributed by atoms with Gasteiger partial charge in [0, 0.05) is 5.56 Å². The van der Waals surface area contributed by atoms with E-state index in [9.17, 15) is 4.79 Å². The van der Waals surface area contributed by atoms with Crippen LogP contribution in [0.4, 0.5) is 0 Å². The maximum Gasteiger partial charge on any atom is 0.159 e. The Kier molecular flexibility index (Phi) is 4.91. The van der Waals surface area contributed by atoms with Crippen LogP contribution in [0.1, 0.15) is 43.6 Å². The smallest absolute Gasteiger partial charge is 0.159 e. The molecule has 0 fully saturated rings. The van der Waals surface area contributed by atoms with Gasteiger partial charge in [-0.25, -0.2) is 0 Å². The first-order valence-electron chi connectivity index (χ1n) is 6.18. The van der Waals surface area contributed by atoms with E-state index in [1.54, 1.807) is 13.0 Å². The molecule has 1 rings (SSSR count). The number of ether oxygens (including phenoxy) is 2. The molecule has 0 bridgehead atoms. The molecule has 0 N–H and O–H groups in total. The molecular formula is C15H22O3. The zero-order chi connectivity index (χ0) is 13.8. The number of hydrogen-bond acceptors (Lipinski definition) is 3. The van der Waals surface area contributed by atoms with E-state index >= 15 is 0 Å². The van der Waals surface area contributed by atoms with Crippen molar-refractivity contribution in [1.29, 1.82) is 0 Å². The minimum Gasteiger partial charge on any atom is -0.491 e. The van der Waals surface area contributed by atoms with Crippen molar-refractivity contribution >= 4 is 5.78 Å². The van der Waals surface area contributed by atoms with Gasteiger partial charge < -0.3 is 9.47 Å². The first kappa shape index (κ1) is 14.7. The first-order valence-corrected chi connectivity index (χ1v) is 6.18. The Morgan fingerprint density at radius 3 is 2.39 bits per heavy atom. The lowest BCUT2D eigenvalue weighted by atomic mass is 10.1. The standard InChI is InChI=1S/C15H22O3/c1-11-10-13(12(2)16)6-7-14(11)17-8-9-18-15(3,4)5/h6-7,10H,8-9H2,1-5H3. The Balaban J connectivity index is 2.51. The molecule has 0 heterocycles. The monoisotopic (exact) mass is 250 g/mol. The Morgan fingerprint density at radius 2 is 1.89 bits per heavy atom. The number of Topliss-reactive ketones (excluding diaryl/α,β-unsaturated/α-hetero) is 1. The number of hydrogen-bond donors (Lipinski definition) is 0. The van der Waals surface area contributed by atoms with E-state index in [0.717, 1.165) is 11.3 Å². The molecule has 100 valence electrons. The van der Waals surface area contributed by atoms with Crippen molar-refractivity contribution in [3.63, 3.8) is 0 Å². The Hall–Kier alpha value is -1.35. The van der Waals surface area contributed by atoms with Crippen molar-refractivity contribution < 1.29 is 14.3 Å². The van der Waals surface area contributed by atoms with Crippen LogP contribution in [0.15, 0.2) is 18.2 Å². The van der Waals surface area contributed by atoms with Crippen LogP contribution >= 0.6 is 0 Å². The highest BCUT2D eigenvalue weighted by molar-refractivity contribution is 5.94. The maximum absolute atomic E-state index is 11.2. The number of aryl methyl sites for hydroxylation is 1. The highest BCUT2D eigenvalue weighted by Crippen LogP contribution is 2.19. The summed E-state index contributed by atoms with van der Waals surface area (Å²) in [6.07, 6.45) is 0. The summed E-state index contributed by atoms with van der Waals surface area (Å²) < 4.78 is 11.2. The largest absolute Gasteiger partial charge is 0.491 e. The van der Waals surface area contributed by atoms with Gasteiger partial charge in [-0.1, -0.05) is 0 Å². The van der Waals surface area contributed by atoms with Gasteiger partial charge >= 0.3 is 0 Å². The molecule has 0 aromatic heterocycles. The molecule has 18 heavy (non-hydrogen) atoms. The zero-order valence-corrected chi connectivity index (χ0v) is 11.9. The summed E-state index contributed by atoms with van der Waals surface area (Å²) >= 11 is 0. The molecule has 0 aliphatic heterocycles. The van der Waals surface area contributed by atoms with E-state index in [0.29, 0.717) is 18.8 Å². The van der Waals surface area contributed by atoms with Crippen molar-refractivity contribution in [2.24, 2.45) is 0 Å². The predicted molar refractivity (Wildman–Crippen MR) is 72.4 cm³/mol. The van der Waals surface area contributed by atoms with Gasteiger partial charge in [0.1, 0.15) is 12.4 Å². The summed E-state index contributed by atoms with van der Waals surface area (Å²) in [6.45, 7) is 10.6. The fourth-order valence-corrected chi connectivity index (χ4v) is 1.53. The van der Waals surface area contributed by atoms with Gasteiger partial charge in [-0.05, 0) is 58.4 Å². The van der Waals surface area contributed by atoms with Crippen LogP contribution in [0.5, 0.6) is 5.75 Å². The second-order valence-electron chi connectivity index (χ2n) is 5.35. The summed E-state index contributed by atoms with van der Waals surface area (Å²) in [4.78, 5) is 11.2. The van der Waals surface area contributed by atoms with E-state index in [2.05, 4.69) is 0 Å². The Labute approximate surface area is 109 Å². The molecule has 0 saturated carbocycles. The first-order chi connectivity index (χ1) is 8.29. The van der Waals surface area contributed by atoms with E-state index in [4.69, 9.17) is 9.47 Å². The third-order valence-corrected chi connectivity index (χ3v) is 2.46. The van der Waals surface area contributed by atoms with Crippen molar-refractivity contribution in [2.75, 3.05) is 13.2 Å². The van der Waals surface area contributed by atoms with Crippen LogP contribution in [-0.4, -0.2) is 24.6 Å². The molecule has 0 radical (unpaired) electrons. The van der Waals surface area contributed by atoms with E-state index in [1.807, 2.05) is 39.8 Å². The molecule has 1 aromatic carbocycles. The van der Waals surface area contributed by atoms with Crippen LogP contribution in [0, 0.1) is 6.92 Å². The van der Waals surface area contributed by atoms with Gasteiger partial charge in [0.05, 0.1) is 12.2 Å². The Morgan fingerprint density at radius 1 is 1.22 bits per heavy atom. The second-order valence-corrected chi connectivity index (χ2v) is 5.35. The number of rotatable bonds is 5. The normalized spacial score (nSPS) is 11.4. The predicted octanol–water partition coefficient (Wildman–Crippen LogP) is 3.39. The Bertz CT molecular complexity index is 416. The van der Waals surface area contributed by atoms with Crippen LogP contribution in [0.25, 0.3) is 0 Å². The van der Waals surface area contributed by atoms with Gasteiger partial charge in [0.15, 0.2) is 5.78 Å². The molecule has 0 aliphatic carbocycles. The summed E-state index contributed by atoms with van der Waals surface area (Å²) in [5, 5.41) is 0. The second kappa shape index (κ2) is 6.01. The lowest BCUT2D eigenvalue weighted by Crippen LogP contribution is -2.22. The molecule has 0 atom stereocenters. The van der Waals surface area contributed by atoms with Gasteiger partial charge in [-0.2, -0.15) is 0 Å². The summed E-state index contributed by atoms with van der Waals surface area (Å²) in [5.41, 5.74) is 1.54. The van der Waals surface area contributed by atoms with E-state index in [-0.39, 0.29) is 11.4 Å². The third-order valence-electron chi connectivity index (χ3n) is 2.46. The highest BCUT2D eigenvalue weighted by Gasteiger charge is 2.10. The topological polar surface area (TPSA) is 35.5 Å². The summed E-state index contributed by atoms with van der Waals surface area (Å²) in [6, 6.07) is 5.47. The minimum absolute atomic E-state index is 0.0701. The van der Waals surface area contributed by atoms with Gasteiger partial charge in [0.2, 0.25) is 0 Å². The van der Waals surface area contributed by atoms with Gasteiger partial charge in [-0.15, -0.1) is 0 Å². The number of ketones is 1. The fourth-order valence-electron chi connectivity index (χ4n) is 1.53. The zero-order valence-electron chi connectivity index (χ0n) is 11.9. The van der Waals surface area contributed by atoms with E-state index < -0.39 is 0 Å². The van der Waals surface area contributed by atoms with Crippen LogP contribution in [0.3, 0.4) is 0 Å². The lowest BCUT2D eigenvalue weighted by Gasteiger charge is -2.19. The SMILES string of the molecule is CC(=O)c1ccc(OCCOC(C)(C)C)c(C)c1. The molecule has 0 saturated heterocycles. The third kappa shape index (κ3) is 4.88. The quantitative estimate of drug-likeness (QED) is 0.593. The van der Waals surface area contributed by atoms with Crippen molar-refractivity contribution in [1.82, 2.24) is 0 Å². The molecule has 3 nitrogen and oxygen atoms in total. The number of benzene rings is 1. The van der Waals surface area contributed by atoms with Crippen LogP contribution < -0.4 is 4.74 Å². The highest BCUT2D eigenvalue weighted by atomic mass is 16.5. The van der Waals surface area contributed by atoms with Crippen LogP contribution in [-0.2, 0) is 4.74 Å². The maximum atomic E-state index is 11.2. The lowest BCUT2D eigenvalue weighted by molar-refractivity contribution is -0.0163. The van der Waals surface area contributed by atoms with Gasteiger partial charge in [0.25, 0.3) is 0 Å². The number of carbonyl (C=O) groups is 1. The minimum atomic E-state index is -0.142. The molecule has 1 aromatic rings. The molecule has 0 spiro atoms.